The van der Waals surface area contributed by atoms with Crippen LogP contribution in [0.3, 0.4) is 0 Å². The Bertz CT molecular complexity index is 481. The Balaban J connectivity index is 2.04. The van der Waals surface area contributed by atoms with E-state index in [1.165, 1.54) is 0 Å². The highest BCUT2D eigenvalue weighted by Gasteiger charge is 2.10. The number of aliphatic hydroxyl groups is 1. The minimum Gasteiger partial charge on any atom is -0.396 e. The van der Waals surface area contributed by atoms with Crippen LogP contribution in [0, 0.1) is 0 Å². The third kappa shape index (κ3) is 3.66. The van der Waals surface area contributed by atoms with Crippen molar-refractivity contribution in [1.29, 1.82) is 0 Å². The molecule has 0 aliphatic rings. The van der Waals surface area contributed by atoms with Gasteiger partial charge in [-0.25, -0.2) is 0 Å². The second-order valence-electron chi connectivity index (χ2n) is 4.63. The number of hydrogen-bond acceptors (Lipinski definition) is 3. The Morgan fingerprint density at radius 3 is 2.79 bits per heavy atom. The number of aliphatic hydroxyl groups excluding tert-OH is 1. The molecule has 1 heterocycles. The predicted molar refractivity (Wildman–Crippen MR) is 76.6 cm³/mol. The van der Waals surface area contributed by atoms with Crippen molar-refractivity contribution in [3.05, 3.63) is 42.1 Å². The molecule has 19 heavy (non-hydrogen) atoms. The van der Waals surface area contributed by atoms with Gasteiger partial charge in [0, 0.05) is 24.8 Å². The van der Waals surface area contributed by atoms with Crippen LogP contribution in [-0.2, 0) is 6.54 Å². The summed E-state index contributed by atoms with van der Waals surface area (Å²) in [5.74, 6) is 0. The fourth-order valence-corrected chi connectivity index (χ4v) is 2.16. The molecule has 0 aliphatic carbocycles. The number of benzene rings is 1. The maximum absolute atomic E-state index is 9.00. The number of nitrogens with zero attached hydrogens (tertiary/aromatic N) is 1. The van der Waals surface area contributed by atoms with Crippen LogP contribution in [0.25, 0.3) is 11.3 Å². The number of hydrogen-bond donors (Lipinski definition) is 3. The molecule has 0 aliphatic heterocycles. The van der Waals surface area contributed by atoms with Gasteiger partial charge in [0.05, 0.1) is 11.9 Å². The monoisotopic (exact) mass is 259 g/mol. The van der Waals surface area contributed by atoms with Crippen molar-refractivity contribution in [2.75, 3.05) is 6.61 Å². The minimum atomic E-state index is 0.225. The van der Waals surface area contributed by atoms with Crippen molar-refractivity contribution in [2.45, 2.75) is 32.4 Å². The van der Waals surface area contributed by atoms with Crippen LogP contribution in [0.2, 0.25) is 0 Å². The average Bonchev–Trinajstić information content (AvgIpc) is 2.93. The Hall–Kier alpha value is -1.65. The van der Waals surface area contributed by atoms with E-state index in [2.05, 4.69) is 34.6 Å². The zero-order valence-corrected chi connectivity index (χ0v) is 11.3. The number of rotatable bonds is 7. The van der Waals surface area contributed by atoms with Gasteiger partial charge in [0.2, 0.25) is 0 Å². The van der Waals surface area contributed by atoms with E-state index in [-0.39, 0.29) is 6.61 Å². The highest BCUT2D eigenvalue weighted by Crippen LogP contribution is 2.20. The summed E-state index contributed by atoms with van der Waals surface area (Å²) >= 11 is 0. The van der Waals surface area contributed by atoms with E-state index in [1.807, 2.05) is 24.4 Å². The lowest BCUT2D eigenvalue weighted by Gasteiger charge is -2.15. The molecule has 1 aromatic heterocycles. The highest BCUT2D eigenvalue weighted by molar-refractivity contribution is 5.62. The van der Waals surface area contributed by atoms with Crippen molar-refractivity contribution < 1.29 is 5.11 Å². The second kappa shape index (κ2) is 7.07. The van der Waals surface area contributed by atoms with Crippen LogP contribution in [0.5, 0.6) is 0 Å². The van der Waals surface area contributed by atoms with Crippen LogP contribution in [0.1, 0.15) is 25.3 Å². The molecule has 0 saturated heterocycles. The number of H-pyrrole nitrogens is 1. The first kappa shape index (κ1) is 13.8. The van der Waals surface area contributed by atoms with Crippen molar-refractivity contribution in [3.63, 3.8) is 0 Å². The number of nitrogens with one attached hydrogen (secondary N) is 2. The lowest BCUT2D eigenvalue weighted by atomic mass is 10.1. The Morgan fingerprint density at radius 1 is 1.32 bits per heavy atom. The first-order valence-corrected chi connectivity index (χ1v) is 6.77. The average molecular weight is 259 g/mol. The second-order valence-corrected chi connectivity index (χ2v) is 4.63. The molecule has 1 unspecified atom stereocenters. The van der Waals surface area contributed by atoms with Gasteiger partial charge in [-0.1, -0.05) is 37.3 Å². The molecule has 4 heteroatoms. The van der Waals surface area contributed by atoms with Crippen molar-refractivity contribution in [3.8, 4) is 11.3 Å². The molecule has 0 amide bonds. The van der Waals surface area contributed by atoms with Crippen LogP contribution >= 0.6 is 0 Å². The minimum absolute atomic E-state index is 0.225. The van der Waals surface area contributed by atoms with Crippen molar-refractivity contribution in [2.24, 2.45) is 0 Å². The molecular formula is C15H21N3O. The number of aromatic amines is 1. The molecule has 2 rings (SSSR count). The van der Waals surface area contributed by atoms with E-state index in [1.54, 1.807) is 0 Å². The summed E-state index contributed by atoms with van der Waals surface area (Å²) in [6, 6.07) is 10.5. The summed E-state index contributed by atoms with van der Waals surface area (Å²) in [7, 11) is 0. The first-order chi connectivity index (χ1) is 9.35. The smallest absolute Gasteiger partial charge is 0.0695 e. The third-order valence-corrected chi connectivity index (χ3v) is 3.33. The van der Waals surface area contributed by atoms with E-state index in [0.717, 1.165) is 36.2 Å². The zero-order chi connectivity index (χ0) is 13.5. The van der Waals surface area contributed by atoms with Gasteiger partial charge in [0.15, 0.2) is 0 Å². The molecule has 4 nitrogen and oxygen atoms in total. The van der Waals surface area contributed by atoms with Gasteiger partial charge < -0.3 is 10.4 Å². The van der Waals surface area contributed by atoms with Gasteiger partial charge in [-0.05, 0) is 18.4 Å². The van der Waals surface area contributed by atoms with E-state index in [4.69, 9.17) is 5.11 Å². The molecule has 1 atom stereocenters. The maximum Gasteiger partial charge on any atom is 0.0695 e. The maximum atomic E-state index is 9.00. The standard InChI is InChI=1S/C15H21N3O/c1-2-14(8-9-19)16-10-13-11-17-18-15(13)12-6-4-3-5-7-12/h3-7,11,14,16,19H,2,8-10H2,1H3,(H,17,18). The summed E-state index contributed by atoms with van der Waals surface area (Å²) in [5.41, 5.74) is 3.36. The van der Waals surface area contributed by atoms with Gasteiger partial charge in [-0.3, -0.25) is 5.10 Å². The summed E-state index contributed by atoms with van der Waals surface area (Å²) in [4.78, 5) is 0. The summed E-state index contributed by atoms with van der Waals surface area (Å²) in [6.07, 6.45) is 3.66. The van der Waals surface area contributed by atoms with Crippen LogP contribution in [0.4, 0.5) is 0 Å². The van der Waals surface area contributed by atoms with E-state index >= 15 is 0 Å². The Morgan fingerprint density at radius 2 is 2.11 bits per heavy atom. The lowest BCUT2D eigenvalue weighted by Crippen LogP contribution is -2.28. The zero-order valence-electron chi connectivity index (χ0n) is 11.3. The van der Waals surface area contributed by atoms with E-state index < -0.39 is 0 Å². The molecule has 2 aromatic rings. The topological polar surface area (TPSA) is 60.9 Å². The largest absolute Gasteiger partial charge is 0.396 e. The molecule has 3 N–H and O–H groups in total. The van der Waals surface area contributed by atoms with E-state index in [0.29, 0.717) is 6.04 Å². The SMILES string of the molecule is CCC(CCO)NCc1cn[nH]c1-c1ccccc1. The van der Waals surface area contributed by atoms with Gasteiger partial charge in [0.1, 0.15) is 0 Å². The molecule has 0 fully saturated rings. The molecule has 0 saturated carbocycles. The van der Waals surface area contributed by atoms with Gasteiger partial charge in [-0.2, -0.15) is 5.10 Å². The molecule has 0 spiro atoms. The summed E-state index contributed by atoms with van der Waals surface area (Å²) < 4.78 is 0. The first-order valence-electron chi connectivity index (χ1n) is 6.77. The predicted octanol–water partition coefficient (Wildman–Crippen LogP) is 2.33. The van der Waals surface area contributed by atoms with Crippen molar-refractivity contribution >= 4 is 0 Å². The van der Waals surface area contributed by atoms with Crippen LogP contribution in [0.15, 0.2) is 36.5 Å². The lowest BCUT2D eigenvalue weighted by molar-refractivity contribution is 0.262. The van der Waals surface area contributed by atoms with Gasteiger partial charge in [0.25, 0.3) is 0 Å². The quantitative estimate of drug-likeness (QED) is 0.715. The normalized spacial score (nSPS) is 12.5. The Labute approximate surface area is 113 Å². The van der Waals surface area contributed by atoms with Gasteiger partial charge >= 0.3 is 0 Å². The number of aromatic nitrogens is 2. The molecule has 1 aromatic carbocycles. The van der Waals surface area contributed by atoms with Gasteiger partial charge in [-0.15, -0.1) is 0 Å². The highest BCUT2D eigenvalue weighted by atomic mass is 16.3. The molecule has 102 valence electrons. The van der Waals surface area contributed by atoms with Crippen molar-refractivity contribution in [1.82, 2.24) is 15.5 Å². The summed E-state index contributed by atoms with van der Waals surface area (Å²) in [5, 5.41) is 19.7. The van der Waals surface area contributed by atoms with Crippen LogP contribution in [-0.4, -0.2) is 28.0 Å². The Kier molecular flexibility index (Phi) is 5.12. The van der Waals surface area contributed by atoms with Crippen LogP contribution < -0.4 is 5.32 Å². The third-order valence-electron chi connectivity index (χ3n) is 3.33. The fourth-order valence-electron chi connectivity index (χ4n) is 2.16. The summed E-state index contributed by atoms with van der Waals surface area (Å²) in [6.45, 7) is 3.11. The molecule has 0 radical (unpaired) electrons. The fraction of sp³-hybridized carbons (Fsp3) is 0.400. The van der Waals surface area contributed by atoms with E-state index in [9.17, 15) is 0 Å². The molecule has 0 bridgehead atoms. The molecular weight excluding hydrogens is 238 g/mol.